The summed E-state index contributed by atoms with van der Waals surface area (Å²) in [5.41, 5.74) is 1.20. The summed E-state index contributed by atoms with van der Waals surface area (Å²) >= 11 is 0. The van der Waals surface area contributed by atoms with Crippen LogP contribution in [0.3, 0.4) is 0 Å². The molecule has 0 aliphatic carbocycles. The first-order valence-corrected chi connectivity index (χ1v) is 5.91. The number of carbonyl (C=O) groups excluding carboxylic acids is 1. The molecule has 0 aromatic carbocycles. The number of nitrogens with one attached hydrogen (secondary N) is 1. The van der Waals surface area contributed by atoms with E-state index in [9.17, 15) is 4.79 Å². The molecule has 1 fully saturated rings. The molecule has 0 bridgehead atoms. The molecule has 4 nitrogen and oxygen atoms in total. The summed E-state index contributed by atoms with van der Waals surface area (Å²) in [6, 6.07) is 0.0214. The molecule has 1 N–H and O–H groups in total. The second-order valence-electron chi connectivity index (χ2n) is 4.78. The van der Waals surface area contributed by atoms with E-state index in [1.807, 2.05) is 18.0 Å². The molecule has 0 atom stereocenters. The summed E-state index contributed by atoms with van der Waals surface area (Å²) in [6.45, 7) is 9.82. The van der Waals surface area contributed by atoms with Gasteiger partial charge in [0, 0.05) is 32.4 Å². The Hall–Kier alpha value is -1.03. The number of nitrogens with zero attached hydrogens (tertiary/aromatic N) is 2. The Morgan fingerprint density at radius 2 is 1.81 bits per heavy atom. The Morgan fingerprint density at radius 3 is 2.31 bits per heavy atom. The topological polar surface area (TPSA) is 35.6 Å². The fourth-order valence-electron chi connectivity index (χ4n) is 1.44. The van der Waals surface area contributed by atoms with Crippen molar-refractivity contribution < 1.29 is 4.79 Å². The van der Waals surface area contributed by atoms with Crippen molar-refractivity contribution in [2.75, 3.05) is 33.2 Å². The van der Waals surface area contributed by atoms with Crippen LogP contribution >= 0.6 is 0 Å². The number of likely N-dealkylation sites (N-methyl/N-ethyl adjacent to an activating group) is 1. The van der Waals surface area contributed by atoms with E-state index in [0.717, 1.165) is 26.2 Å². The van der Waals surface area contributed by atoms with Gasteiger partial charge < -0.3 is 15.1 Å². The number of amides is 2. The van der Waals surface area contributed by atoms with Gasteiger partial charge in [0.1, 0.15) is 0 Å². The van der Waals surface area contributed by atoms with Crippen LogP contribution in [-0.4, -0.2) is 49.1 Å². The van der Waals surface area contributed by atoms with Crippen LogP contribution < -0.4 is 5.32 Å². The number of carbonyl (C=O) groups is 1. The van der Waals surface area contributed by atoms with Gasteiger partial charge in [-0.05, 0) is 19.9 Å². The predicted molar refractivity (Wildman–Crippen MR) is 66.2 cm³/mol. The fourth-order valence-corrected chi connectivity index (χ4v) is 1.44. The smallest absolute Gasteiger partial charge is 0.321 e. The average molecular weight is 225 g/mol. The molecule has 0 aromatic rings. The molecule has 1 heterocycles. The molecule has 0 aromatic heterocycles. The first-order chi connectivity index (χ1) is 7.50. The zero-order valence-corrected chi connectivity index (χ0v) is 10.8. The van der Waals surface area contributed by atoms with E-state index in [-0.39, 0.29) is 6.03 Å². The molecule has 2 amide bonds. The molecule has 0 saturated carbocycles. The van der Waals surface area contributed by atoms with Crippen molar-refractivity contribution in [3.05, 3.63) is 11.8 Å². The first-order valence-electron chi connectivity index (χ1n) is 5.91. The normalized spacial score (nSPS) is 19.1. The van der Waals surface area contributed by atoms with E-state index in [2.05, 4.69) is 31.1 Å². The Labute approximate surface area is 98.3 Å². The van der Waals surface area contributed by atoms with Gasteiger partial charge in [-0.2, -0.15) is 0 Å². The van der Waals surface area contributed by atoms with Crippen LogP contribution in [0.5, 0.6) is 0 Å². The summed E-state index contributed by atoms with van der Waals surface area (Å²) in [4.78, 5) is 15.9. The van der Waals surface area contributed by atoms with Crippen molar-refractivity contribution in [1.29, 1.82) is 0 Å². The largest absolute Gasteiger partial charge is 0.322 e. The maximum atomic E-state index is 11.8. The lowest BCUT2D eigenvalue weighted by atomic mass is 10.1. The fraction of sp³-hybridized carbons (Fsp3) is 0.750. The molecule has 1 rings (SSSR count). The lowest BCUT2D eigenvalue weighted by Gasteiger charge is -2.32. The summed E-state index contributed by atoms with van der Waals surface area (Å²) in [7, 11) is 2.08. The van der Waals surface area contributed by atoms with Gasteiger partial charge in [-0.15, -0.1) is 0 Å². The van der Waals surface area contributed by atoms with Crippen LogP contribution in [0.4, 0.5) is 4.79 Å². The lowest BCUT2D eigenvalue weighted by molar-refractivity contribution is 0.157. The molecule has 92 valence electrons. The lowest BCUT2D eigenvalue weighted by Crippen LogP contribution is -2.49. The number of rotatable bonds is 2. The molecule has 1 aliphatic heterocycles. The minimum atomic E-state index is 0.0214. The standard InChI is InChI=1S/C12H23N3O/c1-10(2)11(3)9-13-12(16)15-7-5-14(4)6-8-15/h9-10H,5-8H2,1-4H3,(H,13,16)/b11-9+. The third-order valence-corrected chi connectivity index (χ3v) is 3.12. The molecular weight excluding hydrogens is 202 g/mol. The first kappa shape index (κ1) is 13.0. The summed E-state index contributed by atoms with van der Waals surface area (Å²) < 4.78 is 0. The number of hydrogen-bond acceptors (Lipinski definition) is 2. The highest BCUT2D eigenvalue weighted by molar-refractivity contribution is 5.75. The summed E-state index contributed by atoms with van der Waals surface area (Å²) in [5.74, 6) is 0.479. The Morgan fingerprint density at radius 1 is 1.25 bits per heavy atom. The van der Waals surface area contributed by atoms with Gasteiger partial charge in [-0.25, -0.2) is 4.79 Å². The van der Waals surface area contributed by atoms with Gasteiger partial charge >= 0.3 is 6.03 Å². The molecule has 1 aliphatic rings. The molecular formula is C12H23N3O. The number of piperazine rings is 1. The Balaban J connectivity index is 2.38. The van der Waals surface area contributed by atoms with Crippen LogP contribution in [-0.2, 0) is 0 Å². The third-order valence-electron chi connectivity index (χ3n) is 3.12. The molecule has 4 heteroatoms. The van der Waals surface area contributed by atoms with E-state index in [1.165, 1.54) is 5.57 Å². The zero-order chi connectivity index (χ0) is 12.1. The van der Waals surface area contributed by atoms with Crippen molar-refractivity contribution in [2.24, 2.45) is 5.92 Å². The zero-order valence-electron chi connectivity index (χ0n) is 10.8. The van der Waals surface area contributed by atoms with Crippen molar-refractivity contribution >= 4 is 6.03 Å². The predicted octanol–water partition coefficient (Wildman–Crippen LogP) is 1.50. The summed E-state index contributed by atoms with van der Waals surface area (Å²) in [6.07, 6.45) is 1.82. The van der Waals surface area contributed by atoms with Crippen LogP contribution in [0.2, 0.25) is 0 Å². The van der Waals surface area contributed by atoms with Gasteiger partial charge in [0.25, 0.3) is 0 Å². The second kappa shape index (κ2) is 5.89. The van der Waals surface area contributed by atoms with Crippen LogP contribution in [0.25, 0.3) is 0 Å². The van der Waals surface area contributed by atoms with Gasteiger partial charge in [0.2, 0.25) is 0 Å². The third kappa shape index (κ3) is 3.85. The van der Waals surface area contributed by atoms with E-state index in [4.69, 9.17) is 0 Å². The molecule has 1 saturated heterocycles. The van der Waals surface area contributed by atoms with Crippen molar-refractivity contribution in [3.63, 3.8) is 0 Å². The SMILES string of the molecule is C/C(=C\NC(=O)N1CCN(C)CC1)C(C)C. The number of allylic oxidation sites excluding steroid dienone is 1. The van der Waals surface area contributed by atoms with Gasteiger partial charge in [0.05, 0.1) is 0 Å². The quantitative estimate of drug-likeness (QED) is 0.773. The maximum Gasteiger partial charge on any atom is 0.321 e. The van der Waals surface area contributed by atoms with E-state index < -0.39 is 0 Å². The molecule has 0 radical (unpaired) electrons. The van der Waals surface area contributed by atoms with E-state index in [1.54, 1.807) is 0 Å². The monoisotopic (exact) mass is 225 g/mol. The minimum absolute atomic E-state index is 0.0214. The van der Waals surface area contributed by atoms with Crippen LogP contribution in [0, 0.1) is 5.92 Å². The average Bonchev–Trinajstić information content (AvgIpc) is 2.26. The maximum absolute atomic E-state index is 11.8. The highest BCUT2D eigenvalue weighted by atomic mass is 16.2. The molecule has 0 spiro atoms. The van der Waals surface area contributed by atoms with Crippen molar-refractivity contribution in [3.8, 4) is 0 Å². The van der Waals surface area contributed by atoms with Crippen molar-refractivity contribution in [1.82, 2.24) is 15.1 Å². The second-order valence-corrected chi connectivity index (χ2v) is 4.78. The van der Waals surface area contributed by atoms with Crippen molar-refractivity contribution in [2.45, 2.75) is 20.8 Å². The molecule has 0 unspecified atom stereocenters. The highest BCUT2D eigenvalue weighted by Crippen LogP contribution is 2.06. The van der Waals surface area contributed by atoms with E-state index in [0.29, 0.717) is 5.92 Å². The van der Waals surface area contributed by atoms with E-state index >= 15 is 0 Å². The Bertz CT molecular complexity index is 265. The Kier molecular flexibility index (Phi) is 4.80. The highest BCUT2D eigenvalue weighted by Gasteiger charge is 2.17. The van der Waals surface area contributed by atoms with Gasteiger partial charge in [0.15, 0.2) is 0 Å². The number of urea groups is 1. The van der Waals surface area contributed by atoms with Crippen LogP contribution in [0.15, 0.2) is 11.8 Å². The minimum Gasteiger partial charge on any atom is -0.322 e. The molecule has 16 heavy (non-hydrogen) atoms. The van der Waals surface area contributed by atoms with Crippen LogP contribution in [0.1, 0.15) is 20.8 Å². The number of hydrogen-bond donors (Lipinski definition) is 1. The summed E-state index contributed by atoms with van der Waals surface area (Å²) in [5, 5.41) is 2.85. The van der Waals surface area contributed by atoms with Gasteiger partial charge in [-0.3, -0.25) is 0 Å². The van der Waals surface area contributed by atoms with Gasteiger partial charge in [-0.1, -0.05) is 19.4 Å².